The van der Waals surface area contributed by atoms with E-state index in [-0.39, 0.29) is 35.0 Å². The number of carbonyl (C=O) groups excluding carboxylic acids is 3. The van der Waals surface area contributed by atoms with Gasteiger partial charge in [0.1, 0.15) is 29.7 Å². The number of primary amides is 1. The number of fused-ring (bicyclic) bond motifs is 1. The standard InChI is InChI=1S/C29H31ClN6O6/c1-29(2,3)24-15-25(36(4)35-24)34-28(39)33-20-7-6-16(12-19(20)30)42-22-8-9-32-21-14-23(41-11-10-40-5)18(13-17(21)22)26(37)27(31)38/h6-9,12-15H,10-11H2,1-5H3,(H2,31,38)(H2,33,34,39). The summed E-state index contributed by atoms with van der Waals surface area (Å²) in [5.41, 5.74) is 6.70. The summed E-state index contributed by atoms with van der Waals surface area (Å²) in [7, 11) is 3.26. The highest BCUT2D eigenvalue weighted by Crippen LogP contribution is 2.35. The molecule has 0 saturated carbocycles. The molecule has 0 unspecified atom stereocenters. The highest BCUT2D eigenvalue weighted by atomic mass is 35.5. The number of hydrogen-bond donors (Lipinski definition) is 3. The topological polar surface area (TPSA) is 160 Å². The lowest BCUT2D eigenvalue weighted by Crippen LogP contribution is -2.24. The first kappa shape index (κ1) is 30.3. The first-order chi connectivity index (χ1) is 19.9. The van der Waals surface area contributed by atoms with Gasteiger partial charge in [0.25, 0.3) is 11.7 Å². The van der Waals surface area contributed by atoms with Crippen LogP contribution in [0.4, 0.5) is 16.3 Å². The Morgan fingerprint density at radius 3 is 2.43 bits per heavy atom. The monoisotopic (exact) mass is 594 g/mol. The number of methoxy groups -OCH3 is 1. The average molecular weight is 595 g/mol. The molecule has 4 rings (SSSR count). The van der Waals surface area contributed by atoms with Crippen molar-refractivity contribution in [2.75, 3.05) is 31.0 Å². The van der Waals surface area contributed by atoms with Gasteiger partial charge in [-0.1, -0.05) is 32.4 Å². The Morgan fingerprint density at radius 2 is 1.79 bits per heavy atom. The second kappa shape index (κ2) is 12.5. The molecular weight excluding hydrogens is 564 g/mol. The Balaban J connectivity index is 1.55. The van der Waals surface area contributed by atoms with Crippen molar-refractivity contribution in [3.05, 3.63) is 64.9 Å². The Hall–Kier alpha value is -4.68. The van der Waals surface area contributed by atoms with E-state index in [1.54, 1.807) is 29.9 Å². The Morgan fingerprint density at radius 1 is 1.02 bits per heavy atom. The molecule has 0 aliphatic carbocycles. The van der Waals surface area contributed by atoms with Crippen molar-refractivity contribution in [1.29, 1.82) is 0 Å². The highest BCUT2D eigenvalue weighted by Gasteiger charge is 2.22. The van der Waals surface area contributed by atoms with E-state index in [0.717, 1.165) is 5.69 Å². The van der Waals surface area contributed by atoms with Gasteiger partial charge >= 0.3 is 6.03 Å². The maximum Gasteiger partial charge on any atom is 0.324 e. The third-order valence-corrected chi connectivity index (χ3v) is 6.44. The number of nitrogens with one attached hydrogen (secondary N) is 2. The smallest absolute Gasteiger partial charge is 0.324 e. The third kappa shape index (κ3) is 6.96. The van der Waals surface area contributed by atoms with Gasteiger partial charge in [-0.3, -0.25) is 24.6 Å². The summed E-state index contributed by atoms with van der Waals surface area (Å²) < 4.78 is 18.3. The summed E-state index contributed by atoms with van der Waals surface area (Å²) in [6, 6.07) is 10.6. The first-order valence-corrected chi connectivity index (χ1v) is 13.2. The van der Waals surface area contributed by atoms with Crippen LogP contribution in [0, 0.1) is 0 Å². The number of urea groups is 1. The first-order valence-electron chi connectivity index (χ1n) is 12.9. The van der Waals surface area contributed by atoms with Crippen LogP contribution in [0.1, 0.15) is 36.8 Å². The van der Waals surface area contributed by atoms with E-state index in [1.807, 2.05) is 26.8 Å². The summed E-state index contributed by atoms with van der Waals surface area (Å²) in [5.74, 6) is -0.693. The van der Waals surface area contributed by atoms with Gasteiger partial charge in [-0.25, -0.2) is 4.79 Å². The largest absolute Gasteiger partial charge is 0.490 e. The number of hydrogen-bond acceptors (Lipinski definition) is 8. The number of pyridine rings is 1. The molecule has 42 heavy (non-hydrogen) atoms. The number of amides is 3. The highest BCUT2D eigenvalue weighted by molar-refractivity contribution is 6.43. The van der Waals surface area contributed by atoms with Gasteiger partial charge in [0.15, 0.2) is 0 Å². The molecule has 2 heterocycles. The minimum absolute atomic E-state index is 0.0319. The Labute approximate surface area is 247 Å². The van der Waals surface area contributed by atoms with Crippen LogP contribution < -0.4 is 25.8 Å². The molecule has 2 aromatic heterocycles. The average Bonchev–Trinajstić information content (AvgIpc) is 3.30. The van der Waals surface area contributed by atoms with E-state index in [1.165, 1.54) is 31.5 Å². The molecule has 0 fully saturated rings. The zero-order valence-electron chi connectivity index (χ0n) is 23.8. The van der Waals surface area contributed by atoms with E-state index in [0.29, 0.717) is 33.9 Å². The molecule has 0 spiro atoms. The van der Waals surface area contributed by atoms with Gasteiger partial charge in [-0.05, 0) is 24.3 Å². The molecule has 0 atom stereocenters. The van der Waals surface area contributed by atoms with Crippen LogP contribution in [0.25, 0.3) is 10.9 Å². The van der Waals surface area contributed by atoms with E-state index in [4.69, 9.17) is 31.5 Å². The SMILES string of the molecule is COCCOc1cc2nccc(Oc3ccc(NC(=O)Nc4cc(C(C)(C)C)nn4C)c(Cl)c3)c2cc1C(=O)C(N)=O. The summed E-state index contributed by atoms with van der Waals surface area (Å²) >= 11 is 6.46. The van der Waals surface area contributed by atoms with Crippen molar-refractivity contribution in [1.82, 2.24) is 14.8 Å². The maximum atomic E-state index is 12.7. The zero-order chi connectivity index (χ0) is 30.6. The van der Waals surface area contributed by atoms with E-state index in [9.17, 15) is 14.4 Å². The number of nitrogens with two attached hydrogens (primary N) is 1. The molecule has 12 nitrogen and oxygen atoms in total. The number of ether oxygens (including phenoxy) is 3. The minimum Gasteiger partial charge on any atom is -0.490 e. The van der Waals surface area contributed by atoms with Gasteiger partial charge in [0.05, 0.1) is 34.1 Å². The summed E-state index contributed by atoms with van der Waals surface area (Å²) in [6.07, 6.45) is 1.53. The molecule has 4 N–H and O–H groups in total. The van der Waals surface area contributed by atoms with Gasteiger partial charge in [-0.2, -0.15) is 5.10 Å². The number of nitrogens with zero attached hydrogens (tertiary/aromatic N) is 3. The molecular formula is C29H31ClN6O6. The molecule has 2 aromatic carbocycles. The number of benzene rings is 2. The van der Waals surface area contributed by atoms with Crippen molar-refractivity contribution in [3.63, 3.8) is 0 Å². The molecule has 13 heteroatoms. The van der Waals surface area contributed by atoms with E-state index in [2.05, 4.69) is 20.7 Å². The number of ketones is 1. The third-order valence-electron chi connectivity index (χ3n) is 6.12. The lowest BCUT2D eigenvalue weighted by atomic mass is 9.92. The van der Waals surface area contributed by atoms with Crippen LogP contribution in [0.5, 0.6) is 17.2 Å². The summed E-state index contributed by atoms with van der Waals surface area (Å²) in [6.45, 7) is 6.52. The van der Waals surface area contributed by atoms with E-state index >= 15 is 0 Å². The van der Waals surface area contributed by atoms with Crippen LogP contribution in [0.3, 0.4) is 0 Å². The molecule has 220 valence electrons. The van der Waals surface area contributed by atoms with Gasteiger partial charge in [0.2, 0.25) is 0 Å². The van der Waals surface area contributed by atoms with Crippen molar-refractivity contribution in [2.24, 2.45) is 12.8 Å². The number of anilines is 2. The molecule has 4 aromatic rings. The van der Waals surface area contributed by atoms with Crippen LogP contribution in [-0.2, 0) is 22.0 Å². The fourth-order valence-corrected chi connectivity index (χ4v) is 4.13. The van der Waals surface area contributed by atoms with Gasteiger partial charge in [-0.15, -0.1) is 0 Å². The van der Waals surface area contributed by atoms with Crippen LogP contribution in [0.15, 0.2) is 48.7 Å². The second-order valence-electron chi connectivity index (χ2n) is 10.3. The number of halogens is 1. The number of aryl methyl sites for hydroxylation is 1. The maximum absolute atomic E-state index is 12.7. The predicted molar refractivity (Wildman–Crippen MR) is 159 cm³/mol. The molecule has 0 aliphatic heterocycles. The minimum atomic E-state index is -1.13. The lowest BCUT2D eigenvalue weighted by Gasteiger charge is -2.14. The number of aromatic nitrogens is 3. The zero-order valence-corrected chi connectivity index (χ0v) is 24.5. The molecule has 0 aliphatic rings. The van der Waals surface area contributed by atoms with Crippen LogP contribution in [-0.4, -0.2) is 52.8 Å². The van der Waals surface area contributed by atoms with Crippen molar-refractivity contribution in [3.8, 4) is 17.2 Å². The van der Waals surface area contributed by atoms with E-state index < -0.39 is 17.7 Å². The van der Waals surface area contributed by atoms with Gasteiger partial charge < -0.3 is 25.3 Å². The van der Waals surface area contributed by atoms with Crippen LogP contribution in [0.2, 0.25) is 5.02 Å². The Kier molecular flexibility index (Phi) is 8.98. The molecule has 0 saturated heterocycles. The van der Waals surface area contributed by atoms with Crippen LogP contribution >= 0.6 is 11.6 Å². The fraction of sp³-hybridized carbons (Fsp3) is 0.276. The lowest BCUT2D eigenvalue weighted by molar-refractivity contribution is -0.114. The molecule has 0 radical (unpaired) electrons. The van der Waals surface area contributed by atoms with Crippen molar-refractivity contribution in [2.45, 2.75) is 26.2 Å². The van der Waals surface area contributed by atoms with Crippen molar-refractivity contribution < 1.29 is 28.6 Å². The predicted octanol–water partition coefficient (Wildman–Crippen LogP) is 5.05. The molecule has 3 amide bonds. The van der Waals surface area contributed by atoms with Gasteiger partial charge in [0, 0.05) is 49.4 Å². The van der Waals surface area contributed by atoms with Crippen molar-refractivity contribution >= 4 is 51.7 Å². The fourth-order valence-electron chi connectivity index (χ4n) is 3.91. The molecule has 0 bridgehead atoms. The number of Topliss-reactive ketones (excluding diaryl/α,β-unsaturated/α-hetero) is 1. The second-order valence-corrected chi connectivity index (χ2v) is 10.7. The number of carbonyl (C=O) groups is 3. The summed E-state index contributed by atoms with van der Waals surface area (Å²) in [4.78, 5) is 41.3. The normalized spacial score (nSPS) is 11.3. The Bertz CT molecular complexity index is 1660. The number of rotatable bonds is 10. The quantitative estimate of drug-likeness (QED) is 0.131. The summed E-state index contributed by atoms with van der Waals surface area (Å²) in [5, 5.41) is 10.6.